The second-order valence-electron chi connectivity index (χ2n) is 2.15. The number of epoxide rings is 1. The Kier molecular flexibility index (Phi) is 1.01. The molecule has 0 aliphatic carbocycles. The van der Waals surface area contributed by atoms with Crippen LogP contribution in [0.5, 0.6) is 0 Å². The van der Waals surface area contributed by atoms with Gasteiger partial charge in [0.25, 0.3) is 0 Å². The summed E-state index contributed by atoms with van der Waals surface area (Å²) < 4.78 is 4.85. The molecule has 1 atom stereocenters. The average molecular weight is 114 g/mol. The zero-order chi connectivity index (χ0) is 6.20. The zero-order valence-corrected chi connectivity index (χ0v) is 4.68. The molecule has 0 aromatic heterocycles. The molecule has 2 N–H and O–H groups in total. The number of nitrogens with two attached hydrogens (primary N) is 1. The topological polar surface area (TPSA) is 55.6 Å². The molecule has 1 radical (unpaired) electrons. The summed E-state index contributed by atoms with van der Waals surface area (Å²) in [5, 5.41) is 0. The van der Waals surface area contributed by atoms with E-state index in [9.17, 15) is 4.79 Å². The predicted octanol–water partition coefficient (Wildman–Crippen LogP) is -0.535. The van der Waals surface area contributed by atoms with E-state index < -0.39 is 5.91 Å². The fraction of sp³-hybridized carbons (Fsp3) is 0.600. The van der Waals surface area contributed by atoms with Gasteiger partial charge < -0.3 is 10.5 Å². The Morgan fingerprint density at radius 1 is 2.00 bits per heavy atom. The highest BCUT2D eigenvalue weighted by Crippen LogP contribution is 2.28. The van der Waals surface area contributed by atoms with Crippen molar-refractivity contribution in [2.75, 3.05) is 6.61 Å². The normalized spacial score (nSPS) is 34.6. The van der Waals surface area contributed by atoms with Gasteiger partial charge in [0, 0.05) is 0 Å². The third-order valence-electron chi connectivity index (χ3n) is 1.05. The quantitative estimate of drug-likeness (QED) is 0.490. The Labute approximate surface area is 47.8 Å². The van der Waals surface area contributed by atoms with Gasteiger partial charge in [-0.05, 0) is 6.92 Å². The molecule has 3 nitrogen and oxygen atoms in total. The summed E-state index contributed by atoms with van der Waals surface area (Å²) in [6.07, 6.45) is 1.38. The summed E-state index contributed by atoms with van der Waals surface area (Å²) in [5.74, 6) is -0.412. The van der Waals surface area contributed by atoms with Crippen LogP contribution in [0.25, 0.3) is 0 Å². The van der Waals surface area contributed by atoms with E-state index in [0.29, 0.717) is 6.61 Å². The molecule has 8 heavy (non-hydrogen) atoms. The second-order valence-corrected chi connectivity index (χ2v) is 2.15. The van der Waals surface area contributed by atoms with Gasteiger partial charge in [0.15, 0.2) is 0 Å². The van der Waals surface area contributed by atoms with E-state index in [1.165, 1.54) is 6.42 Å². The largest absolute Gasteiger partial charge is 0.369 e. The van der Waals surface area contributed by atoms with Crippen molar-refractivity contribution in [3.63, 3.8) is 0 Å². The molecule has 1 aliphatic rings. The highest BCUT2D eigenvalue weighted by Gasteiger charge is 2.40. The fourth-order valence-electron chi connectivity index (χ4n) is 0.498. The monoisotopic (exact) mass is 114 g/mol. The van der Waals surface area contributed by atoms with Gasteiger partial charge in [-0.2, -0.15) is 0 Å². The highest BCUT2D eigenvalue weighted by molar-refractivity contribution is 5.84. The van der Waals surface area contributed by atoms with Gasteiger partial charge in [0.05, 0.1) is 13.0 Å². The number of hydrogen-bond acceptors (Lipinski definition) is 2. The van der Waals surface area contributed by atoms with Crippen molar-refractivity contribution >= 4 is 5.91 Å². The number of primary amides is 1. The van der Waals surface area contributed by atoms with Crippen LogP contribution in [0.4, 0.5) is 0 Å². The van der Waals surface area contributed by atoms with Crippen LogP contribution in [0.2, 0.25) is 0 Å². The first-order valence-corrected chi connectivity index (χ1v) is 2.42. The molecule has 1 saturated heterocycles. The van der Waals surface area contributed by atoms with Crippen LogP contribution in [-0.2, 0) is 9.53 Å². The van der Waals surface area contributed by atoms with Crippen molar-refractivity contribution < 1.29 is 9.53 Å². The molecule has 1 unspecified atom stereocenters. The van der Waals surface area contributed by atoms with Crippen LogP contribution in [0.3, 0.4) is 0 Å². The van der Waals surface area contributed by atoms with E-state index in [1.807, 2.05) is 6.92 Å². The summed E-state index contributed by atoms with van der Waals surface area (Å²) >= 11 is 0. The maximum atomic E-state index is 10.1. The third kappa shape index (κ3) is 1.20. The summed E-state index contributed by atoms with van der Waals surface area (Å²) in [7, 11) is 0. The van der Waals surface area contributed by atoms with E-state index >= 15 is 0 Å². The standard InChI is InChI=1S/C5H8NO2/c1-5(3-8-5)2-4(6)7/h2H,3H2,1H3,(H2,6,7). The zero-order valence-electron chi connectivity index (χ0n) is 4.68. The van der Waals surface area contributed by atoms with E-state index in [4.69, 9.17) is 10.5 Å². The first-order valence-electron chi connectivity index (χ1n) is 2.42. The molecule has 1 aliphatic heterocycles. The van der Waals surface area contributed by atoms with Crippen molar-refractivity contribution in [1.82, 2.24) is 0 Å². The van der Waals surface area contributed by atoms with Crippen LogP contribution in [0.15, 0.2) is 0 Å². The Balaban J connectivity index is 2.29. The molecular formula is C5H8NO2. The van der Waals surface area contributed by atoms with Gasteiger partial charge in [0.1, 0.15) is 5.60 Å². The van der Waals surface area contributed by atoms with Crippen molar-refractivity contribution in [3.05, 3.63) is 6.42 Å². The Bertz CT molecular complexity index is 118. The molecule has 1 heterocycles. The van der Waals surface area contributed by atoms with Gasteiger partial charge >= 0.3 is 0 Å². The smallest absolute Gasteiger partial charge is 0.224 e. The van der Waals surface area contributed by atoms with Crippen molar-refractivity contribution in [2.24, 2.45) is 5.73 Å². The number of rotatable bonds is 2. The summed E-state index contributed by atoms with van der Waals surface area (Å²) in [6.45, 7) is 2.44. The minimum atomic E-state index is -0.412. The predicted molar refractivity (Wildman–Crippen MR) is 27.9 cm³/mol. The lowest BCUT2D eigenvalue weighted by atomic mass is 10.1. The lowest BCUT2D eigenvalue weighted by Crippen LogP contribution is -2.20. The molecule has 3 heteroatoms. The summed E-state index contributed by atoms with van der Waals surface area (Å²) in [6, 6.07) is 0. The van der Waals surface area contributed by atoms with E-state index in [-0.39, 0.29) is 5.60 Å². The number of amides is 1. The van der Waals surface area contributed by atoms with E-state index in [0.717, 1.165) is 0 Å². The number of carbonyl (C=O) groups is 1. The maximum Gasteiger partial charge on any atom is 0.224 e. The molecule has 0 aromatic carbocycles. The minimum absolute atomic E-state index is 0.328. The maximum absolute atomic E-state index is 10.1. The minimum Gasteiger partial charge on any atom is -0.369 e. The molecule has 1 rings (SSSR count). The average Bonchev–Trinajstić information content (AvgIpc) is 2.17. The molecule has 45 valence electrons. The Morgan fingerprint density at radius 2 is 2.50 bits per heavy atom. The van der Waals surface area contributed by atoms with Crippen molar-refractivity contribution in [3.8, 4) is 0 Å². The van der Waals surface area contributed by atoms with Crippen LogP contribution in [-0.4, -0.2) is 18.1 Å². The molecular weight excluding hydrogens is 106 g/mol. The van der Waals surface area contributed by atoms with Crippen LogP contribution < -0.4 is 5.73 Å². The van der Waals surface area contributed by atoms with Gasteiger partial charge in [-0.15, -0.1) is 0 Å². The second kappa shape index (κ2) is 1.45. The van der Waals surface area contributed by atoms with Gasteiger partial charge in [0.2, 0.25) is 5.91 Å². The van der Waals surface area contributed by atoms with Crippen molar-refractivity contribution in [1.29, 1.82) is 0 Å². The lowest BCUT2D eigenvalue weighted by molar-refractivity contribution is -0.115. The molecule has 1 amide bonds. The van der Waals surface area contributed by atoms with E-state index in [1.54, 1.807) is 0 Å². The molecule has 0 aromatic rings. The van der Waals surface area contributed by atoms with Crippen LogP contribution in [0.1, 0.15) is 6.92 Å². The molecule has 0 bridgehead atoms. The number of hydrogen-bond donors (Lipinski definition) is 1. The number of ether oxygens (including phenoxy) is 1. The van der Waals surface area contributed by atoms with Gasteiger partial charge in [-0.25, -0.2) is 0 Å². The van der Waals surface area contributed by atoms with Crippen molar-refractivity contribution in [2.45, 2.75) is 12.5 Å². The summed E-state index contributed by atoms with van der Waals surface area (Å²) in [4.78, 5) is 10.1. The number of carbonyl (C=O) groups excluding carboxylic acids is 1. The third-order valence-corrected chi connectivity index (χ3v) is 1.05. The first-order chi connectivity index (χ1) is 3.62. The highest BCUT2D eigenvalue weighted by atomic mass is 16.6. The summed E-state index contributed by atoms with van der Waals surface area (Å²) in [5.41, 5.74) is 4.52. The molecule has 0 saturated carbocycles. The van der Waals surface area contributed by atoms with Crippen LogP contribution >= 0.6 is 0 Å². The Hall–Kier alpha value is -0.570. The van der Waals surface area contributed by atoms with E-state index in [2.05, 4.69) is 0 Å². The molecule has 0 spiro atoms. The lowest BCUT2D eigenvalue weighted by Gasteiger charge is -1.95. The Morgan fingerprint density at radius 3 is 2.62 bits per heavy atom. The first kappa shape index (κ1) is 5.56. The van der Waals surface area contributed by atoms with Gasteiger partial charge in [-0.3, -0.25) is 4.79 Å². The fourth-order valence-corrected chi connectivity index (χ4v) is 0.498. The van der Waals surface area contributed by atoms with Gasteiger partial charge in [-0.1, -0.05) is 0 Å². The van der Waals surface area contributed by atoms with Crippen LogP contribution in [0, 0.1) is 6.42 Å². The molecule has 1 fully saturated rings. The SMILES string of the molecule is CC1([CH]C(N)=O)CO1.